The highest BCUT2D eigenvalue weighted by atomic mass is 16.5. The number of hydrogen-bond donors (Lipinski definition) is 2. The highest BCUT2D eigenvalue weighted by molar-refractivity contribution is 5.72. The number of nitrogens with zero attached hydrogens (tertiary/aromatic N) is 4. The van der Waals surface area contributed by atoms with E-state index in [1.54, 1.807) is 0 Å². The summed E-state index contributed by atoms with van der Waals surface area (Å²) in [5.41, 5.74) is 0. The van der Waals surface area contributed by atoms with E-state index in [4.69, 9.17) is 14.9 Å². The molecular weight excluding hydrogens is 364 g/mol. The van der Waals surface area contributed by atoms with Crippen LogP contribution in [0.3, 0.4) is 0 Å². The molecule has 9 nitrogen and oxygen atoms in total. The molecule has 0 aromatic carbocycles. The zero-order chi connectivity index (χ0) is 21.2. The predicted molar refractivity (Wildman–Crippen MR) is 110 cm³/mol. The van der Waals surface area contributed by atoms with Gasteiger partial charge in [-0.05, 0) is 26.9 Å². The SMILES string of the molecule is CCCCCN=COCCCN(CCN(C)C)CCN(CC(=O)O)CC(=O)O. The first-order chi connectivity index (χ1) is 13.3. The molecule has 0 fully saturated rings. The summed E-state index contributed by atoms with van der Waals surface area (Å²) in [5, 5.41) is 17.9. The molecule has 0 aliphatic rings. The molecule has 0 aliphatic carbocycles. The minimum atomic E-state index is -1.02. The number of aliphatic carboxylic acids is 2. The largest absolute Gasteiger partial charge is 0.483 e. The van der Waals surface area contributed by atoms with Gasteiger partial charge in [0.25, 0.3) is 0 Å². The van der Waals surface area contributed by atoms with E-state index < -0.39 is 11.9 Å². The Bertz CT molecular complexity index is 430. The van der Waals surface area contributed by atoms with Gasteiger partial charge < -0.3 is 24.7 Å². The molecule has 0 saturated carbocycles. The summed E-state index contributed by atoms with van der Waals surface area (Å²) in [5.74, 6) is -2.04. The molecule has 164 valence electrons. The molecule has 0 rings (SSSR count). The third kappa shape index (κ3) is 17.7. The Labute approximate surface area is 169 Å². The van der Waals surface area contributed by atoms with Gasteiger partial charge in [-0.1, -0.05) is 19.8 Å². The number of carboxylic acids is 2. The van der Waals surface area contributed by atoms with Gasteiger partial charge in [0, 0.05) is 39.3 Å². The fourth-order valence-electron chi connectivity index (χ4n) is 2.54. The Kier molecular flexibility index (Phi) is 16.3. The molecular formula is C19H38N4O5. The first kappa shape index (κ1) is 26.3. The van der Waals surface area contributed by atoms with E-state index in [0.717, 1.165) is 39.0 Å². The summed E-state index contributed by atoms with van der Waals surface area (Å²) in [7, 11) is 3.99. The monoisotopic (exact) mass is 402 g/mol. The molecule has 0 spiro atoms. The first-order valence-electron chi connectivity index (χ1n) is 9.98. The Morgan fingerprint density at radius 1 is 0.893 bits per heavy atom. The molecule has 0 bridgehead atoms. The second-order valence-electron chi connectivity index (χ2n) is 7.09. The average Bonchev–Trinajstić information content (AvgIpc) is 2.60. The molecule has 9 heteroatoms. The highest BCUT2D eigenvalue weighted by Crippen LogP contribution is 1.97. The minimum absolute atomic E-state index is 0.272. The molecule has 0 unspecified atom stereocenters. The van der Waals surface area contributed by atoms with Crippen LogP contribution in [-0.4, -0.2) is 116 Å². The van der Waals surface area contributed by atoms with Gasteiger partial charge in [0.1, 0.15) is 0 Å². The summed E-state index contributed by atoms with van der Waals surface area (Å²) in [6.45, 7) is 6.48. The van der Waals surface area contributed by atoms with E-state index >= 15 is 0 Å². The lowest BCUT2D eigenvalue weighted by atomic mass is 10.2. The minimum Gasteiger partial charge on any atom is -0.483 e. The van der Waals surface area contributed by atoms with Crippen LogP contribution in [0.2, 0.25) is 0 Å². The van der Waals surface area contributed by atoms with Crippen LogP contribution >= 0.6 is 0 Å². The van der Waals surface area contributed by atoms with Crippen LogP contribution in [0.15, 0.2) is 4.99 Å². The topological polar surface area (TPSA) is 106 Å². The van der Waals surface area contributed by atoms with Gasteiger partial charge in [-0.2, -0.15) is 0 Å². The van der Waals surface area contributed by atoms with Crippen LogP contribution in [0, 0.1) is 0 Å². The summed E-state index contributed by atoms with van der Waals surface area (Å²) in [6, 6.07) is 0. The third-order valence-electron chi connectivity index (χ3n) is 4.09. The number of carboxylic acid groups (broad SMARTS) is 2. The van der Waals surface area contributed by atoms with E-state index in [-0.39, 0.29) is 13.1 Å². The Morgan fingerprint density at radius 3 is 2.07 bits per heavy atom. The smallest absolute Gasteiger partial charge is 0.317 e. The van der Waals surface area contributed by atoms with Crippen molar-refractivity contribution in [2.24, 2.45) is 4.99 Å². The van der Waals surface area contributed by atoms with Crippen LogP contribution in [0.5, 0.6) is 0 Å². The van der Waals surface area contributed by atoms with E-state index in [0.29, 0.717) is 19.7 Å². The highest BCUT2D eigenvalue weighted by Gasteiger charge is 2.15. The van der Waals surface area contributed by atoms with Crippen LogP contribution in [-0.2, 0) is 14.3 Å². The summed E-state index contributed by atoms with van der Waals surface area (Å²) in [6.07, 6.45) is 5.79. The Morgan fingerprint density at radius 2 is 1.50 bits per heavy atom. The van der Waals surface area contributed by atoms with E-state index in [1.165, 1.54) is 24.1 Å². The Balaban J connectivity index is 4.28. The maximum atomic E-state index is 10.9. The maximum absolute atomic E-state index is 10.9. The lowest BCUT2D eigenvalue weighted by Crippen LogP contribution is -2.42. The predicted octanol–water partition coefficient (Wildman–Crippen LogP) is 0.946. The lowest BCUT2D eigenvalue weighted by Gasteiger charge is -2.27. The van der Waals surface area contributed by atoms with Crippen molar-refractivity contribution in [1.29, 1.82) is 0 Å². The van der Waals surface area contributed by atoms with E-state index in [9.17, 15) is 9.59 Å². The zero-order valence-corrected chi connectivity index (χ0v) is 17.7. The summed E-state index contributed by atoms with van der Waals surface area (Å²) >= 11 is 0. The van der Waals surface area contributed by atoms with Gasteiger partial charge in [0.15, 0.2) is 6.40 Å². The molecule has 0 atom stereocenters. The molecule has 0 aromatic rings. The van der Waals surface area contributed by atoms with Crippen molar-refractivity contribution in [3.8, 4) is 0 Å². The summed E-state index contributed by atoms with van der Waals surface area (Å²) < 4.78 is 5.43. The quantitative estimate of drug-likeness (QED) is 0.187. The van der Waals surface area contributed by atoms with Crippen molar-refractivity contribution in [3.63, 3.8) is 0 Å². The first-order valence-corrected chi connectivity index (χ1v) is 9.98. The number of aliphatic imine (C=N–C) groups is 1. The van der Waals surface area contributed by atoms with Gasteiger partial charge in [0.2, 0.25) is 0 Å². The summed E-state index contributed by atoms with van der Waals surface area (Å²) in [4.78, 5) is 31.8. The van der Waals surface area contributed by atoms with Crippen molar-refractivity contribution in [3.05, 3.63) is 0 Å². The lowest BCUT2D eigenvalue weighted by molar-refractivity contribution is -0.141. The van der Waals surface area contributed by atoms with Crippen LogP contribution in [0.4, 0.5) is 0 Å². The molecule has 0 amide bonds. The second-order valence-corrected chi connectivity index (χ2v) is 7.09. The normalized spacial score (nSPS) is 11.8. The fourth-order valence-corrected chi connectivity index (χ4v) is 2.54. The number of unbranched alkanes of at least 4 members (excludes halogenated alkanes) is 2. The maximum Gasteiger partial charge on any atom is 0.317 e. The van der Waals surface area contributed by atoms with Gasteiger partial charge >= 0.3 is 11.9 Å². The molecule has 0 aromatic heterocycles. The molecule has 0 saturated heterocycles. The average molecular weight is 403 g/mol. The number of carbonyl (C=O) groups is 2. The molecule has 0 aliphatic heterocycles. The molecule has 28 heavy (non-hydrogen) atoms. The fraction of sp³-hybridized carbons (Fsp3) is 0.842. The van der Waals surface area contributed by atoms with Gasteiger partial charge in [-0.15, -0.1) is 0 Å². The van der Waals surface area contributed by atoms with Gasteiger partial charge in [-0.3, -0.25) is 19.5 Å². The molecule has 0 radical (unpaired) electrons. The van der Waals surface area contributed by atoms with Crippen molar-refractivity contribution in [2.45, 2.75) is 32.6 Å². The van der Waals surface area contributed by atoms with E-state index in [1.807, 2.05) is 14.1 Å². The standard InChI is InChI=1S/C19H38N4O5/c1-4-5-6-8-20-17-28-14-7-9-22(11-10-21(2)3)12-13-23(15-18(24)25)16-19(26)27/h17H,4-16H2,1-3H3,(H,24,25)(H,26,27). The zero-order valence-electron chi connectivity index (χ0n) is 17.7. The van der Waals surface area contributed by atoms with Crippen molar-refractivity contribution < 1.29 is 24.5 Å². The van der Waals surface area contributed by atoms with Crippen LogP contribution < -0.4 is 0 Å². The number of likely N-dealkylation sites (N-methyl/N-ethyl adjacent to an activating group) is 1. The van der Waals surface area contributed by atoms with Crippen molar-refractivity contribution in [2.75, 3.05) is 73.1 Å². The number of ether oxygens (including phenoxy) is 1. The van der Waals surface area contributed by atoms with Crippen LogP contribution in [0.1, 0.15) is 32.6 Å². The van der Waals surface area contributed by atoms with Gasteiger partial charge in [0.05, 0.1) is 19.7 Å². The van der Waals surface area contributed by atoms with Crippen molar-refractivity contribution in [1.82, 2.24) is 14.7 Å². The Hall–Kier alpha value is -1.71. The van der Waals surface area contributed by atoms with Crippen LogP contribution in [0.25, 0.3) is 0 Å². The number of rotatable bonds is 19. The van der Waals surface area contributed by atoms with Gasteiger partial charge in [-0.25, -0.2) is 0 Å². The second kappa shape index (κ2) is 17.4. The van der Waals surface area contributed by atoms with E-state index in [2.05, 4.69) is 21.7 Å². The third-order valence-corrected chi connectivity index (χ3v) is 4.09. The molecule has 0 heterocycles. The molecule has 2 N–H and O–H groups in total. The number of hydrogen-bond acceptors (Lipinski definition) is 7. The van der Waals surface area contributed by atoms with Crippen molar-refractivity contribution >= 4 is 18.3 Å².